The van der Waals surface area contributed by atoms with Crippen LogP contribution in [0.5, 0.6) is 23.0 Å². The lowest BCUT2D eigenvalue weighted by molar-refractivity contribution is -0.142. The monoisotopic (exact) mass is 1170 g/mol. The topological polar surface area (TPSA) is 413 Å². The number of nitrogens with one attached hydrogen (secondary N) is 4. The number of phenolic OH excluding ortho intramolecular Hbond substituents is 2. The average Bonchev–Trinajstić information content (AvgIpc) is 4.17. The van der Waals surface area contributed by atoms with Crippen LogP contribution >= 0.6 is 46.5 Å². The van der Waals surface area contributed by atoms with Gasteiger partial charge in [0.15, 0.2) is 10.7 Å². The van der Waals surface area contributed by atoms with E-state index < -0.39 is 87.5 Å². The number of primary sulfonamides is 2. The number of thiocarbonyl (C=S) groups is 1. The molecule has 0 saturated carbocycles. The Balaban J connectivity index is 0.868. The summed E-state index contributed by atoms with van der Waals surface area (Å²) < 4.78 is 58.9. The van der Waals surface area contributed by atoms with Crippen LogP contribution in [-0.4, -0.2) is 125 Å². The number of nitrogens with two attached hydrogens (primary N) is 3. The summed E-state index contributed by atoms with van der Waals surface area (Å²) in [5, 5.41) is 62.8. The number of phenols is 2. The quantitative estimate of drug-likeness (QED) is 0.0108. The van der Waals surface area contributed by atoms with Crippen LogP contribution in [0.15, 0.2) is 79.3 Å². The zero-order valence-electron chi connectivity index (χ0n) is 39.7. The minimum Gasteiger partial charge on any atom is -0.508 e. The number of anilines is 2. The van der Waals surface area contributed by atoms with Gasteiger partial charge in [0.05, 0.1) is 27.2 Å². The summed E-state index contributed by atoms with van der Waals surface area (Å²) in [6.45, 7) is 0.00346. The lowest BCUT2D eigenvalue weighted by Crippen LogP contribution is -2.51. The smallest absolute Gasteiger partial charge is 0.340 e. The molecule has 1 saturated heterocycles. The molecule has 26 nitrogen and oxygen atoms in total. The molecule has 3 aromatic carbocycles. The van der Waals surface area contributed by atoms with Crippen LogP contribution in [0, 0.1) is 0 Å². The molecule has 3 atom stereocenters. The van der Waals surface area contributed by atoms with Crippen molar-refractivity contribution in [2.45, 2.75) is 77.2 Å². The number of benzene rings is 3. The van der Waals surface area contributed by atoms with Crippen LogP contribution in [0.1, 0.15) is 82.4 Å². The Morgan fingerprint density at radius 3 is 2.25 bits per heavy atom. The van der Waals surface area contributed by atoms with Crippen molar-refractivity contribution in [3.05, 3.63) is 92.8 Å². The number of esters is 1. The number of aromatic nitrogens is 2. The van der Waals surface area contributed by atoms with E-state index >= 15 is 0 Å². The van der Waals surface area contributed by atoms with Crippen molar-refractivity contribution < 1.29 is 65.6 Å². The maximum atomic E-state index is 14.1. The summed E-state index contributed by atoms with van der Waals surface area (Å²) >= 11 is 12.7. The van der Waals surface area contributed by atoms with Crippen molar-refractivity contribution >= 4 is 124 Å². The largest absolute Gasteiger partial charge is 0.508 e. The molecule has 3 aliphatic heterocycles. The summed E-state index contributed by atoms with van der Waals surface area (Å²) in [6.07, 6.45) is 1.92. The van der Waals surface area contributed by atoms with Gasteiger partial charge in [-0.05, 0) is 86.8 Å². The van der Waals surface area contributed by atoms with Gasteiger partial charge >= 0.3 is 11.9 Å². The first-order chi connectivity index (χ1) is 36.4. The second-order valence-corrected chi connectivity index (χ2v) is 24.0. The molecule has 0 radical (unpaired) electrons. The molecule has 77 heavy (non-hydrogen) atoms. The molecule has 0 aliphatic carbocycles. The third-order valence-electron chi connectivity index (χ3n) is 12.2. The van der Waals surface area contributed by atoms with Gasteiger partial charge in [-0.1, -0.05) is 29.0 Å². The zero-order valence-corrected chi connectivity index (χ0v) is 44.5. The van der Waals surface area contributed by atoms with Crippen LogP contribution in [0.4, 0.5) is 10.8 Å². The van der Waals surface area contributed by atoms with Crippen molar-refractivity contribution in [3.63, 3.8) is 0 Å². The van der Waals surface area contributed by atoms with Crippen LogP contribution in [0.3, 0.4) is 0 Å². The molecule has 13 N–H and O–H groups in total. The van der Waals surface area contributed by atoms with E-state index in [1.807, 2.05) is 0 Å². The van der Waals surface area contributed by atoms with E-state index in [2.05, 4.69) is 41.6 Å². The number of nitrogens with zero attached hydrogens (tertiary/aromatic N) is 5. The molecule has 1 fully saturated rings. The summed E-state index contributed by atoms with van der Waals surface area (Å²) in [5.74, 6) is 1.52. The Morgan fingerprint density at radius 1 is 0.922 bits per heavy atom. The molecule has 32 heteroatoms. The molecule has 5 aromatic rings. The number of carboxylic acids is 1. The number of carbonyl (C=O) groups excluding carboxylic acids is 4. The first kappa shape index (κ1) is 55.8. The molecule has 3 aliphatic rings. The Bertz CT molecular complexity index is 3470. The van der Waals surface area contributed by atoms with Gasteiger partial charge < -0.3 is 56.8 Å². The van der Waals surface area contributed by atoms with E-state index in [0.717, 1.165) is 11.0 Å². The van der Waals surface area contributed by atoms with E-state index in [1.54, 1.807) is 30.3 Å². The summed E-state index contributed by atoms with van der Waals surface area (Å²) in [7, 11) is -8.57. The molecule has 8 rings (SSSR count). The van der Waals surface area contributed by atoms with E-state index in [0.29, 0.717) is 51.5 Å². The number of ether oxygens (including phenoxy) is 2. The van der Waals surface area contributed by atoms with Crippen LogP contribution in [0.2, 0.25) is 4.34 Å². The first-order valence-electron chi connectivity index (χ1n) is 22.8. The fraction of sp³-hybridized carbons (Fsp3) is 0.289. The van der Waals surface area contributed by atoms with E-state index in [9.17, 15) is 56.1 Å². The fourth-order valence-corrected chi connectivity index (χ4v) is 12.6. The van der Waals surface area contributed by atoms with E-state index in [-0.39, 0.29) is 100 Å². The van der Waals surface area contributed by atoms with Gasteiger partial charge in [0, 0.05) is 66.7 Å². The maximum Gasteiger partial charge on any atom is 0.340 e. The summed E-state index contributed by atoms with van der Waals surface area (Å²) in [4.78, 5) is 72.1. The number of halogens is 1. The van der Waals surface area contributed by atoms with Crippen molar-refractivity contribution in [3.8, 4) is 23.0 Å². The molecule has 5 heterocycles. The molecular weight excluding hydrogens is 1130 g/mol. The predicted octanol–water partition coefficient (Wildman–Crippen LogP) is 3.03. The van der Waals surface area contributed by atoms with Crippen LogP contribution in [0.25, 0.3) is 0 Å². The molecule has 0 bridgehead atoms. The number of aliphatic imine (C=N–C) groups is 1. The second kappa shape index (κ2) is 22.7. The highest BCUT2D eigenvalue weighted by atomic mass is 35.5. The number of likely N-dealkylation sites (tertiary alicyclic amines) is 1. The van der Waals surface area contributed by atoms with E-state index in [4.69, 9.17) is 49.4 Å². The van der Waals surface area contributed by atoms with Gasteiger partial charge in [0.1, 0.15) is 39.3 Å². The van der Waals surface area contributed by atoms with Crippen LogP contribution < -0.4 is 42.1 Å². The number of fused-ring (bicyclic) bond motifs is 6. The van der Waals surface area contributed by atoms with Gasteiger partial charge in [-0.3, -0.25) is 19.4 Å². The van der Waals surface area contributed by atoms with Gasteiger partial charge in [-0.25, -0.2) is 36.7 Å². The highest BCUT2D eigenvalue weighted by molar-refractivity contribution is 7.91. The molecule has 0 unspecified atom stereocenters. The minimum atomic E-state index is -4.46. The van der Waals surface area contributed by atoms with Gasteiger partial charge in [0.25, 0.3) is 15.9 Å². The van der Waals surface area contributed by atoms with E-state index in [1.165, 1.54) is 30.5 Å². The van der Waals surface area contributed by atoms with Gasteiger partial charge in [-0.15, -0.1) is 21.5 Å². The van der Waals surface area contributed by atoms with Crippen molar-refractivity contribution in [2.75, 3.05) is 23.7 Å². The number of sulfonamides is 2. The number of hydrogen-bond donors (Lipinski definition) is 10. The summed E-state index contributed by atoms with van der Waals surface area (Å²) in [5.41, 5.74) is 0.404. The Labute approximate surface area is 455 Å². The Kier molecular flexibility index (Phi) is 16.4. The molecule has 406 valence electrons. The van der Waals surface area contributed by atoms with Gasteiger partial charge in [0.2, 0.25) is 31.3 Å². The van der Waals surface area contributed by atoms with Crippen molar-refractivity contribution in [1.82, 2.24) is 25.7 Å². The SMILES string of the molecule is N/N=C(\C=N[C@@H]1C[C@H](C(=O)N[C@@H](CCCCNC(=S)Nc2ccc3c(c2)C(=O)OC32c3ccc(O)cc3Oc3cc(O)ccc32)C(=O)O)N(C(=O)c2cc(Cl)sc2S(N)(=O)=O)C1)CCCC(=O)Nc1nnc(S(N)(=O)=O)s1. The number of unbranched alkanes of at least 4 members (excludes halogenated alkanes) is 1. The lowest BCUT2D eigenvalue weighted by Gasteiger charge is -2.36. The average molecular weight is 1170 g/mol. The number of hydrazone groups is 1. The third kappa shape index (κ3) is 12.4. The predicted molar refractivity (Wildman–Crippen MR) is 283 cm³/mol. The highest BCUT2D eigenvalue weighted by Crippen LogP contribution is 2.57. The maximum absolute atomic E-state index is 14.1. The minimum absolute atomic E-state index is 0.0577. The molecule has 2 aromatic heterocycles. The lowest BCUT2D eigenvalue weighted by atomic mass is 9.77. The standard InChI is InChI=1S/C45H45ClN12O14S5/c46-35-18-27(41(74-35)76(48,67)68)38(63)58-20-23(51-19-22(55-47)4-3-6-36(61)54-43-56-57-44(75-43)77(49,69)70)15-32(58)37(62)53-31(39(64)65)5-1-2-13-50-42(73)52-21-7-10-28-26(14-21)40(66)72-45(28)29-11-8-24(59)16-33(29)71-34-17-25(60)9-12-30(34)45/h7-12,14,16-19,23,31-32,59-60H,1-6,13,15,20,47H2,(H,53,62)(H,64,65)(H2,48,67,68)(H2,49,69,70)(H2,50,52,73)(H,54,56,61)/b51-19?,55-22-/t23-,31+,32-/m1/s1. The first-order valence-corrected chi connectivity index (χ1v) is 28.4. The molecular formula is C45H45ClN12O14S5. The van der Waals surface area contributed by atoms with Gasteiger partial charge in [-0.2, -0.15) is 5.10 Å². The second-order valence-electron chi connectivity index (χ2n) is 17.4. The van der Waals surface area contributed by atoms with Crippen LogP contribution in [-0.2, 0) is 44.8 Å². The normalized spacial score (nSPS) is 16.9. The highest BCUT2D eigenvalue weighted by Gasteiger charge is 2.54. The molecule has 1 spiro atoms. The number of carboxylic acid groups (broad SMARTS) is 1. The number of rotatable bonds is 19. The fourth-order valence-electron chi connectivity index (χ4n) is 8.76. The number of thiophene rings is 1. The Hall–Kier alpha value is -7.39. The third-order valence-corrected chi connectivity index (χ3v) is 17.3. The number of hydrogen-bond acceptors (Lipinski definition) is 21. The summed E-state index contributed by atoms with van der Waals surface area (Å²) in [6, 6.07) is 11.3. The Morgan fingerprint density at radius 2 is 1.61 bits per heavy atom. The van der Waals surface area contributed by atoms with Crippen molar-refractivity contribution in [1.29, 1.82) is 0 Å². The zero-order chi connectivity index (χ0) is 55.6. The number of aliphatic carboxylic acids is 1. The number of amides is 3. The number of aromatic hydroxyl groups is 2. The number of carbonyl (C=O) groups is 5. The van der Waals surface area contributed by atoms with Crippen molar-refractivity contribution in [2.24, 2.45) is 26.2 Å². The molecule has 3 amide bonds.